The number of thioether (sulfide) groups is 1. The van der Waals surface area contributed by atoms with Crippen LogP contribution in [0.2, 0.25) is 0 Å². The molecule has 0 radical (unpaired) electrons. The Kier molecular flexibility index (Phi) is 6.01. The summed E-state index contributed by atoms with van der Waals surface area (Å²) in [5, 5.41) is 0. The van der Waals surface area contributed by atoms with E-state index >= 15 is 0 Å². The van der Waals surface area contributed by atoms with Gasteiger partial charge in [0.1, 0.15) is 5.75 Å². The van der Waals surface area contributed by atoms with Gasteiger partial charge in [-0.15, -0.1) is 0 Å². The lowest BCUT2D eigenvalue weighted by Gasteiger charge is -2.27. The Hall–Kier alpha value is -0.710. The van der Waals surface area contributed by atoms with Gasteiger partial charge in [-0.25, -0.2) is 0 Å². The summed E-state index contributed by atoms with van der Waals surface area (Å²) in [4.78, 5) is 2.51. The molecule has 0 amide bonds. The van der Waals surface area contributed by atoms with Gasteiger partial charge in [0.2, 0.25) is 0 Å². The fourth-order valence-electron chi connectivity index (χ4n) is 2.42. The van der Waals surface area contributed by atoms with E-state index in [1.54, 1.807) is 7.11 Å². The minimum Gasteiger partial charge on any atom is -0.496 e. The highest BCUT2D eigenvalue weighted by Crippen LogP contribution is 2.23. The highest BCUT2D eigenvalue weighted by atomic mass is 32.2. The normalized spacial score (nSPS) is 16.5. The summed E-state index contributed by atoms with van der Waals surface area (Å²) < 4.78 is 5.49. The van der Waals surface area contributed by atoms with Crippen LogP contribution in [0.3, 0.4) is 0 Å². The topological polar surface area (TPSA) is 38.5 Å². The number of ether oxygens (including phenoxy) is 1. The summed E-state index contributed by atoms with van der Waals surface area (Å²) >= 11 is 2.05. The van der Waals surface area contributed by atoms with Crippen LogP contribution in [0.4, 0.5) is 0 Å². The summed E-state index contributed by atoms with van der Waals surface area (Å²) in [6.07, 6.45) is 2.11. The van der Waals surface area contributed by atoms with Crippen molar-refractivity contribution in [2.45, 2.75) is 19.4 Å². The van der Waals surface area contributed by atoms with Crippen LogP contribution in [0.25, 0.3) is 0 Å². The molecule has 3 nitrogen and oxygen atoms in total. The van der Waals surface area contributed by atoms with Gasteiger partial charge < -0.3 is 10.5 Å². The average molecular weight is 280 g/mol. The maximum absolute atomic E-state index is 5.58. The van der Waals surface area contributed by atoms with Gasteiger partial charge in [-0.2, -0.15) is 11.8 Å². The third-order valence-electron chi connectivity index (χ3n) is 3.51. The molecule has 1 saturated heterocycles. The number of nitrogens with two attached hydrogens (primary N) is 1. The van der Waals surface area contributed by atoms with E-state index in [1.807, 2.05) is 11.8 Å². The van der Waals surface area contributed by atoms with Crippen molar-refractivity contribution in [2.75, 3.05) is 38.2 Å². The molecule has 0 saturated carbocycles. The van der Waals surface area contributed by atoms with Crippen molar-refractivity contribution in [1.82, 2.24) is 4.90 Å². The van der Waals surface area contributed by atoms with E-state index in [-0.39, 0.29) is 0 Å². The Labute approximate surface area is 120 Å². The van der Waals surface area contributed by atoms with Crippen LogP contribution in [0.15, 0.2) is 18.2 Å². The van der Waals surface area contributed by atoms with Gasteiger partial charge in [0, 0.05) is 36.7 Å². The van der Waals surface area contributed by atoms with E-state index in [2.05, 4.69) is 23.1 Å². The van der Waals surface area contributed by atoms with Crippen LogP contribution in [-0.2, 0) is 13.0 Å². The lowest BCUT2D eigenvalue weighted by atomic mass is 10.0. The molecule has 1 aromatic rings. The zero-order valence-corrected chi connectivity index (χ0v) is 12.5. The van der Waals surface area contributed by atoms with Crippen molar-refractivity contribution in [3.63, 3.8) is 0 Å². The van der Waals surface area contributed by atoms with Gasteiger partial charge in [-0.3, -0.25) is 4.90 Å². The lowest BCUT2D eigenvalue weighted by molar-refractivity contribution is 0.288. The van der Waals surface area contributed by atoms with Gasteiger partial charge in [0.05, 0.1) is 7.11 Å². The van der Waals surface area contributed by atoms with E-state index in [4.69, 9.17) is 10.5 Å². The molecule has 0 bridgehead atoms. The van der Waals surface area contributed by atoms with Crippen molar-refractivity contribution in [3.05, 3.63) is 29.3 Å². The van der Waals surface area contributed by atoms with Crippen molar-refractivity contribution >= 4 is 11.8 Å². The first kappa shape index (κ1) is 14.7. The predicted octanol–water partition coefficient (Wildman–Crippen LogP) is 2.14. The van der Waals surface area contributed by atoms with Crippen LogP contribution >= 0.6 is 11.8 Å². The van der Waals surface area contributed by atoms with Gasteiger partial charge >= 0.3 is 0 Å². The molecule has 1 aliphatic heterocycles. The number of rotatable bonds is 6. The maximum atomic E-state index is 5.58. The molecule has 1 aliphatic rings. The lowest BCUT2D eigenvalue weighted by Crippen LogP contribution is -2.32. The quantitative estimate of drug-likeness (QED) is 0.866. The minimum absolute atomic E-state index is 0.755. The summed E-state index contributed by atoms with van der Waals surface area (Å²) in [6.45, 7) is 4.12. The molecule has 2 rings (SSSR count). The highest BCUT2D eigenvalue weighted by molar-refractivity contribution is 7.99. The summed E-state index contributed by atoms with van der Waals surface area (Å²) in [7, 11) is 1.75. The van der Waals surface area contributed by atoms with Crippen molar-refractivity contribution in [1.29, 1.82) is 0 Å². The fourth-order valence-corrected chi connectivity index (χ4v) is 3.40. The number of nitrogens with zero attached hydrogens (tertiary/aromatic N) is 1. The Morgan fingerprint density at radius 2 is 2.11 bits per heavy atom. The molecule has 19 heavy (non-hydrogen) atoms. The second-order valence-electron chi connectivity index (χ2n) is 4.93. The Balaban J connectivity index is 2.06. The first-order valence-electron chi connectivity index (χ1n) is 6.99. The zero-order chi connectivity index (χ0) is 13.5. The third kappa shape index (κ3) is 4.41. The third-order valence-corrected chi connectivity index (χ3v) is 4.45. The van der Waals surface area contributed by atoms with Gasteiger partial charge in [-0.05, 0) is 31.0 Å². The Morgan fingerprint density at radius 3 is 2.79 bits per heavy atom. The summed E-state index contributed by atoms with van der Waals surface area (Å²) in [5.74, 6) is 3.50. The molecule has 1 fully saturated rings. The molecule has 0 unspecified atom stereocenters. The number of aryl methyl sites for hydroxylation is 1. The summed E-state index contributed by atoms with van der Waals surface area (Å²) in [6, 6.07) is 6.54. The molecule has 0 aliphatic carbocycles. The van der Waals surface area contributed by atoms with Gasteiger partial charge in [0.15, 0.2) is 0 Å². The number of methoxy groups -OCH3 is 1. The molecule has 2 N–H and O–H groups in total. The first-order chi connectivity index (χ1) is 9.33. The molecule has 106 valence electrons. The SMILES string of the molecule is COc1ccc(CCCN)cc1CN1CCSCC1. The molecule has 1 heterocycles. The predicted molar refractivity (Wildman–Crippen MR) is 83.0 cm³/mol. The van der Waals surface area contributed by atoms with Gasteiger partial charge in [-0.1, -0.05) is 12.1 Å². The maximum Gasteiger partial charge on any atom is 0.123 e. The molecule has 1 aromatic carbocycles. The molecular weight excluding hydrogens is 256 g/mol. The largest absolute Gasteiger partial charge is 0.496 e. The van der Waals surface area contributed by atoms with Gasteiger partial charge in [0.25, 0.3) is 0 Å². The van der Waals surface area contributed by atoms with Crippen LogP contribution in [0, 0.1) is 0 Å². The number of hydrogen-bond donors (Lipinski definition) is 1. The van der Waals surface area contributed by atoms with E-state index in [1.165, 1.54) is 35.7 Å². The van der Waals surface area contributed by atoms with E-state index in [0.717, 1.165) is 31.7 Å². The second kappa shape index (κ2) is 7.78. The van der Waals surface area contributed by atoms with E-state index in [0.29, 0.717) is 0 Å². The first-order valence-corrected chi connectivity index (χ1v) is 8.15. The van der Waals surface area contributed by atoms with Crippen LogP contribution < -0.4 is 10.5 Å². The molecule has 0 spiro atoms. The van der Waals surface area contributed by atoms with Crippen LogP contribution in [0.1, 0.15) is 17.5 Å². The van der Waals surface area contributed by atoms with Crippen LogP contribution in [-0.4, -0.2) is 43.1 Å². The Morgan fingerprint density at radius 1 is 1.32 bits per heavy atom. The van der Waals surface area contributed by atoms with Crippen molar-refractivity contribution < 1.29 is 4.74 Å². The second-order valence-corrected chi connectivity index (χ2v) is 6.15. The molecule has 0 aromatic heterocycles. The zero-order valence-electron chi connectivity index (χ0n) is 11.7. The van der Waals surface area contributed by atoms with Crippen molar-refractivity contribution in [3.8, 4) is 5.75 Å². The standard InChI is InChI=1S/C15H24N2OS/c1-18-15-5-4-13(3-2-6-16)11-14(15)12-17-7-9-19-10-8-17/h4-5,11H,2-3,6-10,12,16H2,1H3. The monoisotopic (exact) mass is 280 g/mol. The number of hydrogen-bond acceptors (Lipinski definition) is 4. The highest BCUT2D eigenvalue weighted by Gasteiger charge is 2.13. The summed E-state index contributed by atoms with van der Waals surface area (Å²) in [5.41, 5.74) is 8.26. The molecular formula is C15H24N2OS. The smallest absolute Gasteiger partial charge is 0.123 e. The average Bonchev–Trinajstić information content (AvgIpc) is 2.46. The molecule has 4 heteroatoms. The minimum atomic E-state index is 0.755. The van der Waals surface area contributed by atoms with Crippen LogP contribution in [0.5, 0.6) is 5.75 Å². The Bertz CT molecular complexity index is 392. The number of benzene rings is 1. The van der Waals surface area contributed by atoms with E-state index in [9.17, 15) is 0 Å². The molecule has 0 atom stereocenters. The van der Waals surface area contributed by atoms with Crippen molar-refractivity contribution in [2.24, 2.45) is 5.73 Å². The fraction of sp³-hybridized carbons (Fsp3) is 0.600. The van der Waals surface area contributed by atoms with E-state index < -0.39 is 0 Å².